The molecule has 0 aliphatic carbocycles. The van der Waals surface area contributed by atoms with E-state index in [4.69, 9.17) is 33.2 Å². The minimum Gasteiger partial charge on any atom is -0.461 e. The van der Waals surface area contributed by atoms with E-state index in [1.54, 1.807) is 0 Å². The first-order chi connectivity index (χ1) is 11.6. The average Bonchev–Trinajstić information content (AvgIpc) is 2.38. The molecule has 0 N–H and O–H groups in total. The van der Waals surface area contributed by atoms with E-state index in [9.17, 15) is 53.1 Å². The molecule has 0 fully saturated rings. The molecule has 0 amide bonds. The molecule has 1 unspecified atom stereocenters. The second kappa shape index (κ2) is 8.24. The summed E-state index contributed by atoms with van der Waals surface area (Å²) in [6, 6.07) is -3.72. The van der Waals surface area contributed by atoms with Gasteiger partial charge in [0.25, 0.3) is 0 Å². The van der Waals surface area contributed by atoms with E-state index in [1.165, 1.54) is 0 Å². The van der Waals surface area contributed by atoms with Crippen LogP contribution in [0.15, 0.2) is 0 Å². The lowest BCUT2D eigenvalue weighted by atomic mass is 10.2. The molecule has 0 spiro atoms. The van der Waals surface area contributed by atoms with E-state index < -0.39 is 55.2 Å². The molecule has 18 heteroatoms. The summed E-state index contributed by atoms with van der Waals surface area (Å²) in [6.07, 6.45) is -21.6. The van der Waals surface area contributed by atoms with Gasteiger partial charge >= 0.3 is 42.2 Å². The molecule has 0 aromatic carbocycles. The Kier molecular flexibility index (Phi) is 8.16. The number of rotatable bonds is 8. The normalized spacial score (nSPS) is 16.8. The maximum Gasteiger partial charge on any atom is 0.462 e. The van der Waals surface area contributed by atoms with Crippen LogP contribution in [0.4, 0.5) is 48.3 Å². The van der Waals surface area contributed by atoms with Crippen molar-refractivity contribution in [1.82, 2.24) is 0 Å². The number of alkyl halides is 11. The Morgan fingerprint density at radius 3 is 1.59 bits per heavy atom. The highest BCUT2D eigenvalue weighted by Gasteiger charge is 2.80. The fourth-order valence-electron chi connectivity index (χ4n) is 1.15. The van der Waals surface area contributed by atoms with Crippen molar-refractivity contribution in [3.8, 4) is 0 Å². The van der Waals surface area contributed by atoms with Crippen molar-refractivity contribution < 1.29 is 62.6 Å². The quantitative estimate of drug-likeness (QED) is 0.141. The highest BCUT2D eigenvalue weighted by atomic mass is 35.8. The SMILES string of the molecule is O=C(OCCC[Si](Cl)(Cl)Cl)C(F)(OC(F)(F)C(F)(F)C(F)(F)F)C(F)(F)F. The summed E-state index contributed by atoms with van der Waals surface area (Å²) in [4.78, 5) is 11.1. The molecule has 0 rings (SSSR count). The Morgan fingerprint density at radius 2 is 1.26 bits per heavy atom. The van der Waals surface area contributed by atoms with Crippen LogP contribution in [0.2, 0.25) is 6.04 Å². The van der Waals surface area contributed by atoms with Gasteiger partial charge in [-0.25, -0.2) is 4.79 Å². The number of halogens is 14. The lowest BCUT2D eigenvalue weighted by Crippen LogP contribution is -2.61. The first-order valence-corrected chi connectivity index (χ1v) is 11.3. The third-order valence-corrected chi connectivity index (χ3v) is 5.08. The minimum atomic E-state index is -7.27. The molecule has 27 heavy (non-hydrogen) atoms. The first-order valence-electron chi connectivity index (χ1n) is 6.10. The molecule has 0 aromatic rings. The molecule has 0 heterocycles. The highest BCUT2D eigenvalue weighted by molar-refractivity contribution is 7.64. The van der Waals surface area contributed by atoms with E-state index in [2.05, 4.69) is 4.74 Å². The molecule has 0 saturated heterocycles. The largest absolute Gasteiger partial charge is 0.462 e. The van der Waals surface area contributed by atoms with Gasteiger partial charge < -0.3 is 4.74 Å². The molecule has 0 aromatic heterocycles. The molecule has 3 nitrogen and oxygen atoms in total. The van der Waals surface area contributed by atoms with Gasteiger partial charge in [-0.05, 0) is 12.5 Å². The molecule has 0 radical (unpaired) electrons. The van der Waals surface area contributed by atoms with Crippen molar-refractivity contribution in [3.05, 3.63) is 0 Å². The van der Waals surface area contributed by atoms with Gasteiger partial charge in [0, 0.05) is 0 Å². The van der Waals surface area contributed by atoms with Gasteiger partial charge in [-0.2, -0.15) is 48.3 Å². The maximum absolute atomic E-state index is 13.7. The van der Waals surface area contributed by atoms with Gasteiger partial charge in [0.1, 0.15) is 0 Å². The van der Waals surface area contributed by atoms with Gasteiger partial charge in [0.05, 0.1) is 6.61 Å². The van der Waals surface area contributed by atoms with Crippen LogP contribution in [-0.2, 0) is 14.3 Å². The Balaban J connectivity index is 5.51. The van der Waals surface area contributed by atoms with Gasteiger partial charge in [-0.3, -0.25) is 4.74 Å². The third kappa shape index (κ3) is 6.64. The highest BCUT2D eigenvalue weighted by Crippen LogP contribution is 2.51. The summed E-state index contributed by atoms with van der Waals surface area (Å²) in [5.74, 6) is -17.0. The van der Waals surface area contributed by atoms with Crippen molar-refractivity contribution in [2.24, 2.45) is 0 Å². The lowest BCUT2D eigenvalue weighted by Gasteiger charge is -2.33. The van der Waals surface area contributed by atoms with E-state index in [0.717, 1.165) is 0 Å². The summed E-state index contributed by atoms with van der Waals surface area (Å²) in [5, 5.41) is 0. The third-order valence-electron chi connectivity index (χ3n) is 2.46. The molecule has 0 aliphatic rings. The zero-order valence-electron chi connectivity index (χ0n) is 12.1. The van der Waals surface area contributed by atoms with Crippen LogP contribution in [-0.4, -0.2) is 48.8 Å². The summed E-state index contributed by atoms with van der Waals surface area (Å²) in [5.41, 5.74) is 0. The monoisotopic (exact) mass is 504 g/mol. The molecule has 162 valence electrons. The van der Waals surface area contributed by atoms with Crippen LogP contribution in [0.5, 0.6) is 0 Å². The summed E-state index contributed by atoms with van der Waals surface area (Å²) in [6.45, 7) is -1.17. The predicted octanol–water partition coefficient (Wildman–Crippen LogP) is 5.61. The smallest absolute Gasteiger partial charge is 0.461 e. The lowest BCUT2D eigenvalue weighted by molar-refractivity contribution is -0.475. The minimum absolute atomic E-state index is 0.362. The van der Waals surface area contributed by atoms with Crippen LogP contribution in [0.3, 0.4) is 0 Å². The van der Waals surface area contributed by atoms with E-state index in [0.29, 0.717) is 0 Å². The molecule has 0 saturated carbocycles. The second-order valence-corrected chi connectivity index (χ2v) is 13.9. The van der Waals surface area contributed by atoms with Gasteiger partial charge in [0.2, 0.25) is 0 Å². The number of carbonyl (C=O) groups excluding carboxylic acids is 1. The Morgan fingerprint density at radius 1 is 0.815 bits per heavy atom. The van der Waals surface area contributed by atoms with Gasteiger partial charge in [-0.15, -0.1) is 33.2 Å². The van der Waals surface area contributed by atoms with Crippen LogP contribution in [0.25, 0.3) is 0 Å². The number of esters is 1. The fraction of sp³-hybridized carbons (Fsp3) is 0.889. The molecule has 0 bridgehead atoms. The number of hydrogen-bond donors (Lipinski definition) is 0. The molecule has 0 aliphatic heterocycles. The molecular weight excluding hydrogens is 500 g/mol. The predicted molar refractivity (Wildman–Crippen MR) is 70.6 cm³/mol. The second-order valence-electron chi connectivity index (χ2n) is 4.64. The van der Waals surface area contributed by atoms with Crippen molar-refractivity contribution in [1.29, 1.82) is 0 Å². The zero-order valence-corrected chi connectivity index (χ0v) is 15.4. The fourth-order valence-corrected chi connectivity index (χ4v) is 2.90. The zero-order chi connectivity index (χ0) is 22.1. The summed E-state index contributed by atoms with van der Waals surface area (Å²) >= 11 is 16.1. The Labute approximate surface area is 157 Å². The summed E-state index contributed by atoms with van der Waals surface area (Å²) < 4.78 is 144. The molecular formula is C9H6Cl3F11O3Si. The topological polar surface area (TPSA) is 35.5 Å². The standard InChI is InChI=1S/C9H6Cl3F11O3Si/c10-27(11,12)3-1-2-25-4(24)5(13,7(16,17)18)26-9(22,23)6(14,15)8(19,20)21/h1-3H2. The maximum atomic E-state index is 13.7. The number of carbonyl (C=O) groups is 1. The molecule has 1 atom stereocenters. The van der Waals surface area contributed by atoms with Crippen LogP contribution in [0, 0.1) is 0 Å². The van der Waals surface area contributed by atoms with Crippen molar-refractivity contribution >= 4 is 45.2 Å². The van der Waals surface area contributed by atoms with Crippen molar-refractivity contribution in [2.45, 2.75) is 42.7 Å². The Bertz CT molecular complexity index is 534. The van der Waals surface area contributed by atoms with E-state index >= 15 is 0 Å². The number of hydrogen-bond acceptors (Lipinski definition) is 3. The van der Waals surface area contributed by atoms with Gasteiger partial charge in [0.15, 0.2) is 0 Å². The van der Waals surface area contributed by atoms with Crippen molar-refractivity contribution in [2.75, 3.05) is 6.61 Å². The number of ether oxygens (including phenoxy) is 2. The van der Waals surface area contributed by atoms with E-state index in [1.807, 2.05) is 4.74 Å². The Hall–Kier alpha value is -0.253. The van der Waals surface area contributed by atoms with Crippen LogP contribution in [0.1, 0.15) is 6.42 Å². The summed E-state index contributed by atoms with van der Waals surface area (Å²) in [7, 11) is 0. The van der Waals surface area contributed by atoms with E-state index in [-0.39, 0.29) is 6.04 Å². The van der Waals surface area contributed by atoms with Crippen molar-refractivity contribution in [3.63, 3.8) is 0 Å². The first kappa shape index (κ1) is 26.7. The van der Waals surface area contributed by atoms with Crippen LogP contribution < -0.4 is 0 Å². The van der Waals surface area contributed by atoms with Gasteiger partial charge in [-0.1, -0.05) is 0 Å². The average molecular weight is 506 g/mol. The van der Waals surface area contributed by atoms with Crippen LogP contribution >= 0.6 is 33.2 Å².